The fourth-order valence-corrected chi connectivity index (χ4v) is 1.15. The van der Waals surface area contributed by atoms with Crippen LogP contribution in [0.5, 0.6) is 0 Å². The van der Waals surface area contributed by atoms with Gasteiger partial charge < -0.3 is 5.32 Å². The van der Waals surface area contributed by atoms with E-state index in [1.54, 1.807) is 0 Å². The molecular formula is C9H18ClN. The highest BCUT2D eigenvalue weighted by Crippen LogP contribution is 2.04. The van der Waals surface area contributed by atoms with Crippen LogP contribution in [0.25, 0.3) is 0 Å². The van der Waals surface area contributed by atoms with Crippen LogP contribution in [0.3, 0.4) is 0 Å². The standard InChI is InChI=1S/C9H18ClN/c1-7(2)5-9(4)11-6-8(3)10/h7,9,11H,3,5-6H2,1-2,4H3. The summed E-state index contributed by atoms with van der Waals surface area (Å²) in [6.45, 7) is 10.9. The molecule has 2 heteroatoms. The van der Waals surface area contributed by atoms with Gasteiger partial charge in [0.1, 0.15) is 0 Å². The molecule has 1 atom stereocenters. The average molecular weight is 176 g/mol. The van der Waals surface area contributed by atoms with Gasteiger partial charge in [0, 0.05) is 17.6 Å². The van der Waals surface area contributed by atoms with Crippen LogP contribution in [0.15, 0.2) is 11.6 Å². The first-order valence-corrected chi connectivity index (χ1v) is 4.46. The summed E-state index contributed by atoms with van der Waals surface area (Å²) >= 11 is 5.60. The van der Waals surface area contributed by atoms with Crippen molar-refractivity contribution in [1.29, 1.82) is 0 Å². The molecule has 1 N–H and O–H groups in total. The lowest BCUT2D eigenvalue weighted by atomic mass is 10.1. The van der Waals surface area contributed by atoms with Crippen molar-refractivity contribution < 1.29 is 0 Å². The van der Waals surface area contributed by atoms with Crippen molar-refractivity contribution in [2.45, 2.75) is 33.2 Å². The SMILES string of the molecule is C=C(Cl)CNC(C)CC(C)C. The fraction of sp³-hybridized carbons (Fsp3) is 0.778. The minimum absolute atomic E-state index is 0.533. The van der Waals surface area contributed by atoms with Gasteiger partial charge in [-0.1, -0.05) is 32.0 Å². The van der Waals surface area contributed by atoms with E-state index in [1.165, 1.54) is 6.42 Å². The van der Waals surface area contributed by atoms with E-state index in [9.17, 15) is 0 Å². The molecule has 0 aliphatic carbocycles. The summed E-state index contributed by atoms with van der Waals surface area (Å²) in [7, 11) is 0. The minimum atomic E-state index is 0.533. The number of halogens is 1. The Morgan fingerprint density at radius 2 is 2.00 bits per heavy atom. The number of hydrogen-bond donors (Lipinski definition) is 1. The van der Waals surface area contributed by atoms with Gasteiger partial charge in [-0.05, 0) is 19.3 Å². The lowest BCUT2D eigenvalue weighted by Gasteiger charge is -2.14. The van der Waals surface area contributed by atoms with E-state index in [0.717, 1.165) is 12.5 Å². The third-order valence-electron chi connectivity index (χ3n) is 1.47. The molecule has 1 unspecified atom stereocenters. The molecule has 0 rings (SSSR count). The zero-order valence-corrected chi connectivity index (χ0v) is 8.41. The second-order valence-electron chi connectivity index (χ2n) is 3.43. The number of rotatable bonds is 5. The van der Waals surface area contributed by atoms with Gasteiger partial charge in [-0.2, -0.15) is 0 Å². The summed E-state index contributed by atoms with van der Waals surface area (Å²) < 4.78 is 0. The Kier molecular flexibility index (Phi) is 5.61. The Labute approximate surface area is 74.8 Å². The van der Waals surface area contributed by atoms with Crippen molar-refractivity contribution in [3.8, 4) is 0 Å². The molecule has 0 spiro atoms. The van der Waals surface area contributed by atoms with Crippen LogP contribution in [0, 0.1) is 5.92 Å². The summed E-state index contributed by atoms with van der Waals surface area (Å²) in [5, 5.41) is 3.96. The molecule has 0 heterocycles. The van der Waals surface area contributed by atoms with Crippen molar-refractivity contribution in [3.63, 3.8) is 0 Å². The molecule has 0 aromatic carbocycles. The van der Waals surface area contributed by atoms with E-state index in [4.69, 9.17) is 11.6 Å². The maximum Gasteiger partial charge on any atom is 0.0309 e. The van der Waals surface area contributed by atoms with Crippen molar-refractivity contribution in [1.82, 2.24) is 5.32 Å². The van der Waals surface area contributed by atoms with E-state index < -0.39 is 0 Å². The number of nitrogens with one attached hydrogen (secondary N) is 1. The first-order chi connectivity index (χ1) is 5.02. The lowest BCUT2D eigenvalue weighted by Crippen LogP contribution is -2.28. The molecule has 0 saturated carbocycles. The van der Waals surface area contributed by atoms with Crippen LogP contribution in [0.1, 0.15) is 27.2 Å². The highest BCUT2D eigenvalue weighted by Gasteiger charge is 2.03. The van der Waals surface area contributed by atoms with Gasteiger partial charge >= 0.3 is 0 Å². The first-order valence-electron chi connectivity index (χ1n) is 4.09. The zero-order valence-electron chi connectivity index (χ0n) is 7.65. The molecule has 0 saturated heterocycles. The molecular weight excluding hydrogens is 158 g/mol. The molecule has 0 aromatic rings. The molecule has 0 aromatic heterocycles. The Balaban J connectivity index is 3.37. The van der Waals surface area contributed by atoms with E-state index >= 15 is 0 Å². The summed E-state index contributed by atoms with van der Waals surface area (Å²) in [5.74, 6) is 0.737. The molecule has 0 aliphatic heterocycles. The Bertz CT molecular complexity index is 121. The van der Waals surface area contributed by atoms with Crippen LogP contribution in [-0.4, -0.2) is 12.6 Å². The fourth-order valence-electron chi connectivity index (χ4n) is 1.08. The monoisotopic (exact) mass is 175 g/mol. The minimum Gasteiger partial charge on any atom is -0.309 e. The molecule has 0 bridgehead atoms. The molecule has 0 radical (unpaired) electrons. The molecule has 1 nitrogen and oxygen atoms in total. The van der Waals surface area contributed by atoms with E-state index in [-0.39, 0.29) is 0 Å². The van der Waals surface area contributed by atoms with Crippen LogP contribution in [-0.2, 0) is 0 Å². The maximum atomic E-state index is 5.60. The summed E-state index contributed by atoms with van der Waals surface area (Å²) in [6, 6.07) is 0.533. The van der Waals surface area contributed by atoms with Gasteiger partial charge in [0.25, 0.3) is 0 Å². The van der Waals surface area contributed by atoms with Gasteiger partial charge in [0.15, 0.2) is 0 Å². The van der Waals surface area contributed by atoms with Gasteiger partial charge in [-0.15, -0.1) is 0 Å². The maximum absolute atomic E-state index is 5.60. The summed E-state index contributed by atoms with van der Waals surface area (Å²) in [6.07, 6.45) is 1.18. The Morgan fingerprint density at radius 3 is 2.36 bits per heavy atom. The smallest absolute Gasteiger partial charge is 0.0309 e. The lowest BCUT2D eigenvalue weighted by molar-refractivity contribution is 0.457. The Morgan fingerprint density at radius 1 is 1.45 bits per heavy atom. The third kappa shape index (κ3) is 7.89. The number of hydrogen-bond acceptors (Lipinski definition) is 1. The first kappa shape index (κ1) is 11.0. The van der Waals surface area contributed by atoms with Gasteiger partial charge in [0.2, 0.25) is 0 Å². The predicted molar refractivity (Wildman–Crippen MR) is 51.9 cm³/mol. The topological polar surface area (TPSA) is 12.0 Å². The molecule has 0 fully saturated rings. The largest absolute Gasteiger partial charge is 0.309 e. The molecule has 11 heavy (non-hydrogen) atoms. The summed E-state index contributed by atoms with van der Waals surface area (Å²) in [5.41, 5.74) is 0. The van der Waals surface area contributed by atoms with E-state index in [1.807, 2.05) is 0 Å². The zero-order chi connectivity index (χ0) is 8.85. The van der Waals surface area contributed by atoms with Gasteiger partial charge in [-0.25, -0.2) is 0 Å². The predicted octanol–water partition coefficient (Wildman–Crippen LogP) is 2.76. The van der Waals surface area contributed by atoms with Crippen molar-refractivity contribution in [3.05, 3.63) is 11.6 Å². The average Bonchev–Trinajstić information content (AvgIpc) is 1.82. The van der Waals surface area contributed by atoms with Crippen LogP contribution in [0.4, 0.5) is 0 Å². The second kappa shape index (κ2) is 5.62. The molecule has 0 amide bonds. The van der Waals surface area contributed by atoms with Crippen LogP contribution in [0.2, 0.25) is 0 Å². The van der Waals surface area contributed by atoms with Crippen LogP contribution < -0.4 is 5.32 Å². The highest BCUT2D eigenvalue weighted by atomic mass is 35.5. The molecule has 0 aliphatic rings. The van der Waals surface area contributed by atoms with Crippen molar-refractivity contribution >= 4 is 11.6 Å². The molecule has 66 valence electrons. The quantitative estimate of drug-likeness (QED) is 0.678. The van der Waals surface area contributed by atoms with Crippen LogP contribution >= 0.6 is 11.6 Å². The van der Waals surface area contributed by atoms with Crippen molar-refractivity contribution in [2.24, 2.45) is 5.92 Å². The second-order valence-corrected chi connectivity index (χ2v) is 3.96. The Hall–Kier alpha value is -0.0100. The van der Waals surface area contributed by atoms with E-state index in [0.29, 0.717) is 11.1 Å². The van der Waals surface area contributed by atoms with Gasteiger partial charge in [-0.3, -0.25) is 0 Å². The van der Waals surface area contributed by atoms with Crippen molar-refractivity contribution in [2.75, 3.05) is 6.54 Å². The van der Waals surface area contributed by atoms with Gasteiger partial charge in [0.05, 0.1) is 0 Å². The van der Waals surface area contributed by atoms with E-state index in [2.05, 4.69) is 32.7 Å². The third-order valence-corrected chi connectivity index (χ3v) is 1.60. The summed E-state index contributed by atoms with van der Waals surface area (Å²) in [4.78, 5) is 0. The normalized spacial score (nSPS) is 13.5. The highest BCUT2D eigenvalue weighted by molar-refractivity contribution is 6.29.